The lowest BCUT2D eigenvalue weighted by Crippen LogP contribution is -2.46. The van der Waals surface area contributed by atoms with E-state index in [4.69, 9.17) is 5.73 Å². The van der Waals surface area contributed by atoms with Crippen molar-refractivity contribution in [3.8, 4) is 0 Å². The fourth-order valence-corrected chi connectivity index (χ4v) is 2.72. The van der Waals surface area contributed by atoms with E-state index in [1.54, 1.807) is 12.1 Å². The fourth-order valence-electron chi connectivity index (χ4n) is 2.72. The van der Waals surface area contributed by atoms with E-state index in [2.05, 4.69) is 17.1 Å². The highest BCUT2D eigenvalue weighted by molar-refractivity contribution is 5.99. The van der Waals surface area contributed by atoms with Crippen molar-refractivity contribution in [1.82, 2.24) is 10.2 Å². The second kappa shape index (κ2) is 9.87. The molecule has 1 atom stereocenters. The summed E-state index contributed by atoms with van der Waals surface area (Å²) in [4.78, 5) is 14.5. The molecular formula is C15H25Cl2N3O. The van der Waals surface area contributed by atoms with Crippen molar-refractivity contribution in [2.45, 2.75) is 32.2 Å². The summed E-state index contributed by atoms with van der Waals surface area (Å²) in [6.07, 6.45) is 3.69. The Labute approximate surface area is 139 Å². The van der Waals surface area contributed by atoms with Gasteiger partial charge in [-0.15, -0.1) is 24.8 Å². The number of halogens is 2. The number of nitrogen functional groups attached to an aromatic ring is 1. The number of hydrogen-bond acceptors (Lipinski definition) is 3. The van der Waals surface area contributed by atoms with Crippen LogP contribution in [-0.2, 0) is 0 Å². The van der Waals surface area contributed by atoms with E-state index in [-0.39, 0.29) is 30.7 Å². The number of rotatable bonds is 4. The number of likely N-dealkylation sites (N-methyl/N-ethyl adjacent to an activating group) is 1. The van der Waals surface area contributed by atoms with Crippen LogP contribution in [-0.4, -0.2) is 36.5 Å². The minimum absolute atomic E-state index is 0. The summed E-state index contributed by atoms with van der Waals surface area (Å²) in [6, 6.07) is 7.67. The first-order valence-corrected chi connectivity index (χ1v) is 7.09. The number of nitrogens with zero attached hydrogens (tertiary/aromatic N) is 1. The molecular weight excluding hydrogens is 309 g/mol. The van der Waals surface area contributed by atoms with Gasteiger partial charge in [-0.3, -0.25) is 9.69 Å². The number of nitrogens with one attached hydrogen (secondary N) is 1. The summed E-state index contributed by atoms with van der Waals surface area (Å²) in [6.45, 7) is 5.08. The number of anilines is 1. The van der Waals surface area contributed by atoms with Gasteiger partial charge in [-0.2, -0.15) is 0 Å². The third kappa shape index (κ3) is 5.38. The van der Waals surface area contributed by atoms with Crippen LogP contribution in [0.2, 0.25) is 0 Å². The molecule has 1 heterocycles. The van der Waals surface area contributed by atoms with E-state index in [0.717, 1.165) is 13.1 Å². The number of hydrogen-bond donors (Lipinski definition) is 2. The quantitative estimate of drug-likeness (QED) is 0.833. The van der Waals surface area contributed by atoms with Crippen LogP contribution in [0.25, 0.3) is 0 Å². The number of benzene rings is 1. The van der Waals surface area contributed by atoms with Gasteiger partial charge in [0.2, 0.25) is 0 Å². The standard InChI is InChI=1S/C15H23N3O.2ClH/c1-2-18-10-6-5-7-12(18)11-17-15(19)13-8-3-4-9-14(13)16;;/h3-4,8-9,12H,2,5-7,10-11,16H2,1H3,(H,17,19);2*1H. The molecule has 1 unspecified atom stereocenters. The predicted molar refractivity (Wildman–Crippen MR) is 92.6 cm³/mol. The summed E-state index contributed by atoms with van der Waals surface area (Å²) in [5, 5.41) is 3.01. The third-order valence-electron chi connectivity index (χ3n) is 3.86. The van der Waals surface area contributed by atoms with Crippen molar-refractivity contribution < 1.29 is 4.79 Å². The van der Waals surface area contributed by atoms with Gasteiger partial charge in [0.1, 0.15) is 0 Å². The number of nitrogens with two attached hydrogens (primary N) is 1. The van der Waals surface area contributed by atoms with Crippen LogP contribution in [0, 0.1) is 0 Å². The molecule has 0 aromatic heterocycles. The molecule has 0 spiro atoms. The van der Waals surface area contributed by atoms with Crippen molar-refractivity contribution in [2.75, 3.05) is 25.4 Å². The molecule has 1 aliphatic heterocycles. The minimum Gasteiger partial charge on any atom is -0.398 e. The first kappa shape index (κ1) is 20.0. The molecule has 120 valence electrons. The molecule has 1 saturated heterocycles. The van der Waals surface area contributed by atoms with Crippen LogP contribution >= 0.6 is 24.8 Å². The Morgan fingerprint density at radius 3 is 2.71 bits per heavy atom. The molecule has 1 fully saturated rings. The van der Waals surface area contributed by atoms with E-state index in [1.807, 2.05) is 12.1 Å². The first-order valence-electron chi connectivity index (χ1n) is 7.09. The van der Waals surface area contributed by atoms with E-state index >= 15 is 0 Å². The van der Waals surface area contributed by atoms with E-state index in [0.29, 0.717) is 23.8 Å². The number of para-hydroxylation sites is 1. The van der Waals surface area contributed by atoms with Crippen LogP contribution in [0.5, 0.6) is 0 Å². The fraction of sp³-hybridized carbons (Fsp3) is 0.533. The zero-order chi connectivity index (χ0) is 13.7. The van der Waals surface area contributed by atoms with Crippen LogP contribution in [0.1, 0.15) is 36.5 Å². The Hall–Kier alpha value is -0.970. The Morgan fingerprint density at radius 2 is 2.05 bits per heavy atom. The van der Waals surface area contributed by atoms with Crippen molar-refractivity contribution in [1.29, 1.82) is 0 Å². The normalized spacial score (nSPS) is 18.2. The van der Waals surface area contributed by atoms with Crippen molar-refractivity contribution in [2.24, 2.45) is 0 Å². The van der Waals surface area contributed by atoms with Gasteiger partial charge in [-0.1, -0.05) is 25.5 Å². The van der Waals surface area contributed by atoms with Crippen LogP contribution < -0.4 is 11.1 Å². The topological polar surface area (TPSA) is 58.4 Å². The summed E-state index contributed by atoms with van der Waals surface area (Å²) in [5.74, 6) is -0.0697. The average molecular weight is 334 g/mol. The van der Waals surface area contributed by atoms with Gasteiger partial charge in [0.05, 0.1) is 5.56 Å². The molecule has 4 nitrogen and oxygen atoms in total. The lowest BCUT2D eigenvalue weighted by molar-refractivity contribution is 0.0919. The maximum atomic E-state index is 12.1. The van der Waals surface area contributed by atoms with Gasteiger partial charge in [-0.05, 0) is 38.1 Å². The summed E-state index contributed by atoms with van der Waals surface area (Å²) < 4.78 is 0. The number of carbonyl (C=O) groups is 1. The van der Waals surface area contributed by atoms with Gasteiger partial charge < -0.3 is 11.1 Å². The van der Waals surface area contributed by atoms with Gasteiger partial charge in [0.15, 0.2) is 0 Å². The molecule has 6 heteroatoms. The number of carbonyl (C=O) groups excluding carboxylic acids is 1. The lowest BCUT2D eigenvalue weighted by Gasteiger charge is -2.34. The molecule has 3 N–H and O–H groups in total. The Balaban J connectivity index is 0.00000200. The monoisotopic (exact) mass is 333 g/mol. The summed E-state index contributed by atoms with van der Waals surface area (Å²) in [5.41, 5.74) is 6.92. The van der Waals surface area contributed by atoms with E-state index < -0.39 is 0 Å². The minimum atomic E-state index is -0.0697. The molecule has 1 aromatic carbocycles. The van der Waals surface area contributed by atoms with Gasteiger partial charge >= 0.3 is 0 Å². The molecule has 1 amide bonds. The highest BCUT2D eigenvalue weighted by Crippen LogP contribution is 2.16. The number of piperidine rings is 1. The molecule has 21 heavy (non-hydrogen) atoms. The van der Waals surface area contributed by atoms with Gasteiger partial charge in [0.25, 0.3) is 5.91 Å². The highest BCUT2D eigenvalue weighted by Gasteiger charge is 2.21. The number of likely N-dealkylation sites (tertiary alicyclic amines) is 1. The molecule has 0 bridgehead atoms. The zero-order valence-electron chi connectivity index (χ0n) is 12.4. The number of amides is 1. The third-order valence-corrected chi connectivity index (χ3v) is 3.86. The molecule has 1 aromatic rings. The van der Waals surface area contributed by atoms with Crippen molar-refractivity contribution >= 4 is 36.4 Å². The Bertz CT molecular complexity index is 443. The molecule has 2 rings (SSSR count). The Kier molecular flexibility index (Phi) is 9.42. The molecule has 0 saturated carbocycles. The summed E-state index contributed by atoms with van der Waals surface area (Å²) >= 11 is 0. The van der Waals surface area contributed by atoms with Crippen LogP contribution in [0.3, 0.4) is 0 Å². The molecule has 1 aliphatic rings. The summed E-state index contributed by atoms with van der Waals surface area (Å²) in [7, 11) is 0. The maximum absolute atomic E-state index is 12.1. The van der Waals surface area contributed by atoms with Crippen molar-refractivity contribution in [3.05, 3.63) is 29.8 Å². The maximum Gasteiger partial charge on any atom is 0.253 e. The second-order valence-electron chi connectivity index (χ2n) is 5.08. The lowest BCUT2D eigenvalue weighted by atomic mass is 10.0. The van der Waals surface area contributed by atoms with Gasteiger partial charge in [-0.25, -0.2) is 0 Å². The van der Waals surface area contributed by atoms with Gasteiger partial charge in [0, 0.05) is 18.3 Å². The molecule has 0 radical (unpaired) electrons. The van der Waals surface area contributed by atoms with Crippen LogP contribution in [0.15, 0.2) is 24.3 Å². The van der Waals surface area contributed by atoms with Crippen LogP contribution in [0.4, 0.5) is 5.69 Å². The average Bonchev–Trinajstić information content (AvgIpc) is 2.45. The van der Waals surface area contributed by atoms with Crippen molar-refractivity contribution in [3.63, 3.8) is 0 Å². The van der Waals surface area contributed by atoms with E-state index in [9.17, 15) is 4.79 Å². The highest BCUT2D eigenvalue weighted by atomic mass is 35.5. The predicted octanol–water partition coefficient (Wildman–Crippen LogP) is 2.72. The smallest absolute Gasteiger partial charge is 0.253 e. The molecule has 0 aliphatic carbocycles. The first-order chi connectivity index (χ1) is 9.22. The second-order valence-corrected chi connectivity index (χ2v) is 5.08. The Morgan fingerprint density at radius 1 is 1.33 bits per heavy atom. The van der Waals surface area contributed by atoms with E-state index in [1.165, 1.54) is 19.3 Å². The zero-order valence-corrected chi connectivity index (χ0v) is 14.0. The largest absolute Gasteiger partial charge is 0.398 e. The SMILES string of the molecule is CCN1CCCCC1CNC(=O)c1ccccc1N.Cl.Cl.